The van der Waals surface area contributed by atoms with Crippen molar-refractivity contribution in [1.82, 2.24) is 14.5 Å². The van der Waals surface area contributed by atoms with Crippen LogP contribution < -0.4 is 9.47 Å². The minimum absolute atomic E-state index is 0.0633. The summed E-state index contributed by atoms with van der Waals surface area (Å²) in [6.45, 7) is 0.524. The van der Waals surface area contributed by atoms with Gasteiger partial charge in [0, 0.05) is 17.5 Å². The summed E-state index contributed by atoms with van der Waals surface area (Å²) in [7, 11) is 3.17. The lowest BCUT2D eigenvalue weighted by Crippen LogP contribution is -2.02. The lowest BCUT2D eigenvalue weighted by molar-refractivity contribution is -0.136. The van der Waals surface area contributed by atoms with Crippen LogP contribution in [-0.4, -0.2) is 39.8 Å². The number of methoxy groups -OCH3 is 2. The molecular formula is C15H15N3O4S. The van der Waals surface area contributed by atoms with Gasteiger partial charge in [-0.3, -0.25) is 4.79 Å². The van der Waals surface area contributed by atoms with Crippen molar-refractivity contribution in [3.63, 3.8) is 0 Å². The largest absolute Gasteiger partial charge is 0.493 e. The summed E-state index contributed by atoms with van der Waals surface area (Å²) < 4.78 is 12.5. The van der Waals surface area contributed by atoms with Crippen molar-refractivity contribution in [2.45, 2.75) is 13.0 Å². The fraction of sp³-hybridized carbons (Fsp3) is 0.267. The Morgan fingerprint density at radius 2 is 2.04 bits per heavy atom. The number of imidazole rings is 1. The number of aromatic nitrogens is 3. The summed E-state index contributed by atoms with van der Waals surface area (Å²) in [6, 6.07) is 3.69. The zero-order valence-corrected chi connectivity index (χ0v) is 13.5. The van der Waals surface area contributed by atoms with Crippen LogP contribution in [0.15, 0.2) is 23.8 Å². The smallest absolute Gasteiger partial charge is 0.309 e. The van der Waals surface area contributed by atoms with Crippen LogP contribution in [0.2, 0.25) is 0 Å². The lowest BCUT2D eigenvalue weighted by atomic mass is 10.2. The molecular weight excluding hydrogens is 318 g/mol. The zero-order valence-electron chi connectivity index (χ0n) is 12.6. The van der Waals surface area contributed by atoms with E-state index in [-0.39, 0.29) is 6.42 Å². The quantitative estimate of drug-likeness (QED) is 0.744. The van der Waals surface area contributed by atoms with Crippen LogP contribution in [0.4, 0.5) is 0 Å². The summed E-state index contributed by atoms with van der Waals surface area (Å²) in [5.74, 6) is 0.377. The van der Waals surface area contributed by atoms with Crippen LogP contribution in [0.25, 0.3) is 11.0 Å². The third kappa shape index (κ3) is 3.11. The number of hydrogen-bond acceptors (Lipinski definition) is 6. The van der Waals surface area contributed by atoms with E-state index in [9.17, 15) is 4.79 Å². The van der Waals surface area contributed by atoms with Crippen molar-refractivity contribution in [1.29, 1.82) is 0 Å². The normalized spacial score (nSPS) is 10.9. The predicted molar refractivity (Wildman–Crippen MR) is 85.4 cm³/mol. The Labute approximate surface area is 136 Å². The monoisotopic (exact) mass is 333 g/mol. The number of rotatable bonds is 6. The van der Waals surface area contributed by atoms with Gasteiger partial charge < -0.3 is 19.1 Å². The number of nitrogens with zero attached hydrogens (tertiary/aromatic N) is 3. The lowest BCUT2D eigenvalue weighted by Gasteiger charge is -2.08. The van der Waals surface area contributed by atoms with E-state index in [0.717, 1.165) is 16.0 Å². The maximum atomic E-state index is 10.7. The number of carboxylic acids is 1. The summed E-state index contributed by atoms with van der Waals surface area (Å²) in [5.41, 5.74) is 2.27. The molecule has 0 spiro atoms. The van der Waals surface area contributed by atoms with Crippen molar-refractivity contribution in [2.24, 2.45) is 0 Å². The number of fused-ring (bicyclic) bond motifs is 1. The van der Waals surface area contributed by atoms with Crippen molar-refractivity contribution in [3.8, 4) is 11.5 Å². The van der Waals surface area contributed by atoms with Gasteiger partial charge in [-0.05, 0) is 0 Å². The van der Waals surface area contributed by atoms with E-state index >= 15 is 0 Å². The molecule has 0 radical (unpaired) electrons. The van der Waals surface area contributed by atoms with Gasteiger partial charge in [0.25, 0.3) is 0 Å². The molecule has 3 rings (SSSR count). The number of thiazole rings is 1. The molecule has 0 aliphatic rings. The van der Waals surface area contributed by atoms with Gasteiger partial charge in [0.15, 0.2) is 11.5 Å². The average Bonchev–Trinajstić information content (AvgIpc) is 3.12. The number of carbonyl (C=O) groups is 1. The Morgan fingerprint density at radius 1 is 1.30 bits per heavy atom. The first-order valence-electron chi connectivity index (χ1n) is 6.82. The number of aliphatic carboxylic acids is 1. The van der Waals surface area contributed by atoms with Crippen LogP contribution in [0.3, 0.4) is 0 Å². The second-order valence-corrected chi connectivity index (χ2v) is 5.81. The summed E-state index contributed by atoms with van der Waals surface area (Å²) in [6.07, 6.45) is 1.66. The maximum Gasteiger partial charge on any atom is 0.309 e. The van der Waals surface area contributed by atoms with Crippen LogP contribution in [0, 0.1) is 0 Å². The second-order valence-electron chi connectivity index (χ2n) is 4.87. The highest BCUT2D eigenvalue weighted by atomic mass is 32.1. The van der Waals surface area contributed by atoms with Gasteiger partial charge in [-0.15, -0.1) is 11.3 Å². The molecule has 0 unspecified atom stereocenters. The molecule has 0 bridgehead atoms. The molecule has 120 valence electrons. The first-order chi connectivity index (χ1) is 11.1. The first kappa shape index (κ1) is 15.3. The number of ether oxygens (including phenoxy) is 2. The molecule has 0 aliphatic heterocycles. The van der Waals surface area contributed by atoms with Crippen molar-refractivity contribution in [2.75, 3.05) is 14.2 Å². The van der Waals surface area contributed by atoms with E-state index in [1.54, 1.807) is 25.9 Å². The van der Waals surface area contributed by atoms with Crippen LogP contribution in [0.1, 0.15) is 10.7 Å². The Kier molecular flexibility index (Phi) is 4.16. The molecule has 2 heterocycles. The predicted octanol–water partition coefficient (Wildman–Crippen LogP) is 2.19. The summed E-state index contributed by atoms with van der Waals surface area (Å²) >= 11 is 1.44. The van der Waals surface area contributed by atoms with Crippen molar-refractivity contribution >= 4 is 28.3 Å². The van der Waals surface area contributed by atoms with Gasteiger partial charge in [0.1, 0.15) is 5.01 Å². The number of hydrogen-bond donors (Lipinski definition) is 1. The Bertz CT molecular complexity index is 856. The van der Waals surface area contributed by atoms with Crippen LogP contribution >= 0.6 is 11.3 Å². The minimum atomic E-state index is -0.883. The van der Waals surface area contributed by atoms with E-state index < -0.39 is 5.97 Å². The van der Waals surface area contributed by atoms with E-state index in [1.165, 1.54) is 11.3 Å². The third-order valence-corrected chi connectivity index (χ3v) is 4.25. The molecule has 7 nitrogen and oxygen atoms in total. The topological polar surface area (TPSA) is 86.5 Å². The SMILES string of the molecule is COc1cc2ncn(Cc3nc(CC(=O)O)cs3)c2cc1OC. The van der Waals surface area contributed by atoms with E-state index in [2.05, 4.69) is 9.97 Å². The van der Waals surface area contributed by atoms with Crippen LogP contribution in [-0.2, 0) is 17.8 Å². The van der Waals surface area contributed by atoms with Crippen molar-refractivity contribution < 1.29 is 19.4 Å². The minimum Gasteiger partial charge on any atom is -0.493 e. The highest BCUT2D eigenvalue weighted by Gasteiger charge is 2.12. The average molecular weight is 333 g/mol. The Balaban J connectivity index is 1.91. The molecule has 2 aromatic heterocycles. The van der Waals surface area contributed by atoms with Crippen LogP contribution in [0.5, 0.6) is 11.5 Å². The summed E-state index contributed by atoms with van der Waals surface area (Å²) in [5, 5.41) is 11.4. The second kappa shape index (κ2) is 6.25. The van der Waals surface area contributed by atoms with Gasteiger partial charge in [-0.1, -0.05) is 0 Å². The molecule has 0 atom stereocenters. The fourth-order valence-corrected chi connectivity index (χ4v) is 3.11. The van der Waals surface area contributed by atoms with Gasteiger partial charge in [-0.2, -0.15) is 0 Å². The molecule has 23 heavy (non-hydrogen) atoms. The van der Waals surface area contributed by atoms with E-state index in [4.69, 9.17) is 14.6 Å². The fourth-order valence-electron chi connectivity index (χ4n) is 2.31. The highest BCUT2D eigenvalue weighted by molar-refractivity contribution is 7.09. The molecule has 0 fully saturated rings. The molecule has 1 aromatic carbocycles. The van der Waals surface area contributed by atoms with Gasteiger partial charge in [0.05, 0.1) is 50.2 Å². The molecule has 0 saturated heterocycles. The highest BCUT2D eigenvalue weighted by Crippen LogP contribution is 2.31. The zero-order chi connectivity index (χ0) is 16.4. The molecule has 1 N–H and O–H groups in total. The van der Waals surface area contributed by atoms with E-state index in [0.29, 0.717) is 23.7 Å². The number of benzene rings is 1. The van der Waals surface area contributed by atoms with Gasteiger partial charge in [-0.25, -0.2) is 9.97 Å². The van der Waals surface area contributed by atoms with E-state index in [1.807, 2.05) is 16.7 Å². The summed E-state index contributed by atoms with van der Waals surface area (Å²) in [4.78, 5) is 19.4. The molecule has 0 saturated carbocycles. The molecule has 0 aliphatic carbocycles. The van der Waals surface area contributed by atoms with Gasteiger partial charge in [0.2, 0.25) is 0 Å². The molecule has 0 amide bonds. The number of carboxylic acid groups (broad SMARTS) is 1. The molecule has 3 aromatic rings. The van der Waals surface area contributed by atoms with Gasteiger partial charge >= 0.3 is 5.97 Å². The first-order valence-corrected chi connectivity index (χ1v) is 7.70. The van der Waals surface area contributed by atoms with Crippen molar-refractivity contribution in [3.05, 3.63) is 34.5 Å². The maximum absolute atomic E-state index is 10.7. The Morgan fingerprint density at radius 3 is 2.74 bits per heavy atom. The third-order valence-electron chi connectivity index (χ3n) is 3.36. The molecule has 8 heteroatoms. The Hall–Kier alpha value is -2.61. The standard InChI is InChI=1S/C15H15N3O4S/c1-21-12-4-10-11(5-13(12)22-2)18(8-16-10)6-14-17-9(7-23-14)3-15(19)20/h4-5,7-8H,3,6H2,1-2H3,(H,19,20).